The smallest absolute Gasteiger partial charge is 0.0820 e. The highest BCUT2D eigenvalue weighted by Gasteiger charge is 2.24. The van der Waals surface area contributed by atoms with Gasteiger partial charge in [-0.25, -0.2) is 9.97 Å². The summed E-state index contributed by atoms with van der Waals surface area (Å²) in [5, 5.41) is 0. The van der Waals surface area contributed by atoms with Crippen molar-refractivity contribution in [1.29, 1.82) is 0 Å². The minimum atomic E-state index is -0.135. The van der Waals surface area contributed by atoms with Gasteiger partial charge in [-0.05, 0) is 150 Å². The van der Waals surface area contributed by atoms with Crippen molar-refractivity contribution in [3.8, 4) is 0 Å². The van der Waals surface area contributed by atoms with Crippen molar-refractivity contribution in [2.45, 2.75) is 107 Å². The summed E-state index contributed by atoms with van der Waals surface area (Å²) in [6.45, 7) is 28.4. The molecule has 12 heteroatoms. The van der Waals surface area contributed by atoms with E-state index in [9.17, 15) is 0 Å². The summed E-state index contributed by atoms with van der Waals surface area (Å²) in [5.74, 6) is 3.15. The molecule has 0 aromatic carbocycles. The highest BCUT2D eigenvalue weighted by atomic mass is 35.5. The van der Waals surface area contributed by atoms with Crippen molar-refractivity contribution >= 4 is 90.8 Å². The zero-order valence-corrected chi connectivity index (χ0v) is 42.1. The first-order chi connectivity index (χ1) is 29.7. The standard InChI is InChI=1S/C50H72Cl4N6O2/c1-31(2)29-61-37(9)49-35(7)43-25-41-33(5)39(13-11-19-59(21-15-51)22-16-52)45(55-41)28-46-40(14-12-20-60(23-17-53)24-18-54)34(6)42(56-46)26-47-50(38(10)62-30-32(3)4)36(8)44(58-47)27-48(49)57-43/h25-28,31-32,37-38,57-58H,11-24,29-30H2,1-10H3. The molecule has 0 fully saturated rings. The van der Waals surface area contributed by atoms with Crippen molar-refractivity contribution in [2.24, 2.45) is 11.8 Å². The monoisotopic (exact) mass is 928 g/mol. The van der Waals surface area contributed by atoms with Crippen LogP contribution in [0.3, 0.4) is 0 Å². The van der Waals surface area contributed by atoms with Crippen LogP contribution in [0, 0.1) is 25.7 Å². The van der Waals surface area contributed by atoms with Gasteiger partial charge in [0.1, 0.15) is 0 Å². The maximum absolute atomic E-state index is 6.54. The number of aromatic amines is 2. The fraction of sp³-hybridized carbons (Fsp3) is 0.600. The molecular formula is C50H72Cl4N6O2. The largest absolute Gasteiger partial charge is 0.373 e. The van der Waals surface area contributed by atoms with Crippen molar-refractivity contribution in [2.75, 3.05) is 76.0 Å². The van der Waals surface area contributed by atoms with Gasteiger partial charge < -0.3 is 29.2 Å². The van der Waals surface area contributed by atoms with Gasteiger partial charge in [0.05, 0.1) is 35.0 Å². The molecule has 0 aliphatic carbocycles. The first kappa shape index (κ1) is 50.6. The number of hydrogen-bond donors (Lipinski definition) is 2. The number of aromatic nitrogens is 4. The highest BCUT2D eigenvalue weighted by Crippen LogP contribution is 2.39. The summed E-state index contributed by atoms with van der Waals surface area (Å²) >= 11 is 24.8. The molecule has 62 heavy (non-hydrogen) atoms. The molecule has 342 valence electrons. The Morgan fingerprint density at radius 2 is 0.871 bits per heavy atom. The lowest BCUT2D eigenvalue weighted by molar-refractivity contribution is 0.0475. The van der Waals surface area contributed by atoms with Crippen LogP contribution in [0.25, 0.3) is 44.4 Å². The number of halogens is 4. The van der Waals surface area contributed by atoms with Crippen molar-refractivity contribution in [3.63, 3.8) is 0 Å². The Hall–Kier alpha value is -2.40. The number of hydrogen-bond acceptors (Lipinski definition) is 6. The summed E-state index contributed by atoms with van der Waals surface area (Å²) < 4.78 is 13.1. The van der Waals surface area contributed by atoms with Gasteiger partial charge in [0.2, 0.25) is 0 Å². The average Bonchev–Trinajstić information content (AvgIpc) is 3.89. The molecule has 0 saturated carbocycles. The second-order valence-electron chi connectivity index (χ2n) is 17.9. The lowest BCUT2D eigenvalue weighted by Crippen LogP contribution is -2.29. The average molecular weight is 931 g/mol. The number of ether oxygens (including phenoxy) is 2. The van der Waals surface area contributed by atoms with E-state index >= 15 is 0 Å². The van der Waals surface area contributed by atoms with Gasteiger partial charge in [-0.15, -0.1) is 46.4 Å². The molecular weight excluding hydrogens is 858 g/mol. The Bertz CT molecular complexity index is 2180. The Balaban J connectivity index is 1.80. The van der Waals surface area contributed by atoms with Crippen LogP contribution in [-0.4, -0.2) is 106 Å². The molecule has 0 amide bonds. The number of nitrogens with one attached hydrogen (secondary N) is 2. The van der Waals surface area contributed by atoms with Gasteiger partial charge in [-0.1, -0.05) is 27.7 Å². The molecule has 0 radical (unpaired) electrons. The van der Waals surface area contributed by atoms with Gasteiger partial charge in [-0.3, -0.25) is 0 Å². The molecule has 2 aliphatic heterocycles. The molecule has 2 unspecified atom stereocenters. The maximum Gasteiger partial charge on any atom is 0.0820 e. The molecule has 3 aromatic heterocycles. The Kier molecular flexibility index (Phi) is 19.8. The van der Waals surface area contributed by atoms with E-state index in [2.05, 4.69) is 113 Å². The Labute approximate surface area is 392 Å². The van der Waals surface area contributed by atoms with E-state index < -0.39 is 0 Å². The summed E-state index contributed by atoms with van der Waals surface area (Å²) in [5.41, 5.74) is 17.4. The van der Waals surface area contributed by atoms with E-state index in [1.54, 1.807) is 0 Å². The minimum Gasteiger partial charge on any atom is -0.373 e. The van der Waals surface area contributed by atoms with Crippen LogP contribution < -0.4 is 0 Å². The van der Waals surface area contributed by atoms with Crippen LogP contribution in [0.4, 0.5) is 0 Å². The molecule has 8 bridgehead atoms. The Morgan fingerprint density at radius 1 is 0.500 bits per heavy atom. The first-order valence-electron chi connectivity index (χ1n) is 22.8. The fourth-order valence-electron chi connectivity index (χ4n) is 8.77. The van der Waals surface area contributed by atoms with Gasteiger partial charge in [-0.2, -0.15) is 0 Å². The van der Waals surface area contributed by atoms with Crippen molar-refractivity contribution < 1.29 is 9.47 Å². The third-order valence-electron chi connectivity index (χ3n) is 12.2. The second kappa shape index (κ2) is 24.2. The quantitative estimate of drug-likeness (QED) is 0.0871. The van der Waals surface area contributed by atoms with E-state index in [1.807, 2.05) is 0 Å². The zero-order chi connectivity index (χ0) is 45.1. The molecule has 2 N–H and O–H groups in total. The Morgan fingerprint density at radius 3 is 1.26 bits per heavy atom. The number of allylic oxidation sites excluding steroid dienone is 4. The van der Waals surface area contributed by atoms with Gasteiger partial charge in [0.15, 0.2) is 0 Å². The SMILES string of the molecule is CC1=C(CCCN(CCCl)CCCl)c2cc3nc(cc4[nH]c(cc5[nH]c(cc1n2)c(C)c5C(C)OCC(C)C)c(C)c4C(C)OCC(C)C)C(C)=C3CCCN(CCCl)CCCl. The van der Waals surface area contributed by atoms with E-state index in [4.69, 9.17) is 65.8 Å². The number of fused-ring (bicyclic) bond motifs is 8. The fourth-order valence-corrected chi connectivity index (χ4v) is 9.73. The highest BCUT2D eigenvalue weighted by molar-refractivity contribution is 6.18. The third-order valence-corrected chi connectivity index (χ3v) is 12.9. The summed E-state index contributed by atoms with van der Waals surface area (Å²) in [6, 6.07) is 8.96. The summed E-state index contributed by atoms with van der Waals surface area (Å²) in [7, 11) is 0. The number of aryl methyl sites for hydroxylation is 2. The van der Waals surface area contributed by atoms with Crippen molar-refractivity contribution in [3.05, 3.63) is 69.3 Å². The van der Waals surface area contributed by atoms with Crippen molar-refractivity contribution in [1.82, 2.24) is 29.7 Å². The number of nitrogens with zero attached hydrogens (tertiary/aromatic N) is 4. The number of H-pyrrole nitrogens is 2. The van der Waals surface area contributed by atoms with Crippen LogP contribution in [0.15, 0.2) is 24.3 Å². The van der Waals surface area contributed by atoms with Crippen LogP contribution >= 0.6 is 46.4 Å². The first-order valence-corrected chi connectivity index (χ1v) is 24.9. The topological polar surface area (TPSA) is 82.3 Å². The lowest BCUT2D eigenvalue weighted by atomic mass is 9.98. The predicted octanol–water partition coefficient (Wildman–Crippen LogP) is 13.4. The molecule has 2 atom stereocenters. The lowest BCUT2D eigenvalue weighted by Gasteiger charge is -2.20. The zero-order valence-electron chi connectivity index (χ0n) is 39.0. The van der Waals surface area contributed by atoms with Crippen LogP contribution in [0.2, 0.25) is 0 Å². The molecule has 5 heterocycles. The molecule has 0 saturated heterocycles. The molecule has 2 aliphatic rings. The molecule has 3 aromatic rings. The van der Waals surface area contributed by atoms with E-state index in [-0.39, 0.29) is 12.2 Å². The number of alkyl halides is 4. The van der Waals surface area contributed by atoms with Gasteiger partial charge >= 0.3 is 0 Å². The molecule has 0 spiro atoms. The predicted molar refractivity (Wildman–Crippen MR) is 268 cm³/mol. The summed E-state index contributed by atoms with van der Waals surface area (Å²) in [6.07, 6.45) is 3.39. The minimum absolute atomic E-state index is 0.125. The van der Waals surface area contributed by atoms with Crippen LogP contribution in [0.1, 0.15) is 138 Å². The van der Waals surface area contributed by atoms with Gasteiger partial charge in [0, 0.05) is 96.1 Å². The normalized spacial score (nSPS) is 14.5. The van der Waals surface area contributed by atoms with Gasteiger partial charge in [0.25, 0.3) is 0 Å². The van der Waals surface area contributed by atoms with Crippen LogP contribution in [0.5, 0.6) is 0 Å². The third kappa shape index (κ3) is 12.9. The number of rotatable bonds is 24. The molecule has 8 nitrogen and oxygen atoms in total. The van der Waals surface area contributed by atoms with E-state index in [0.29, 0.717) is 48.6 Å². The maximum atomic E-state index is 6.54. The second-order valence-corrected chi connectivity index (χ2v) is 19.4. The van der Waals surface area contributed by atoms with E-state index in [0.717, 1.165) is 132 Å². The van der Waals surface area contributed by atoms with E-state index in [1.165, 1.54) is 22.3 Å². The van der Waals surface area contributed by atoms with Crippen LogP contribution in [-0.2, 0) is 9.47 Å². The summed E-state index contributed by atoms with van der Waals surface area (Å²) in [4.78, 5) is 23.3. The molecule has 5 rings (SSSR count).